The van der Waals surface area contributed by atoms with Gasteiger partial charge in [0.05, 0.1) is 22.2 Å². The van der Waals surface area contributed by atoms with E-state index in [1.54, 1.807) is 53.4 Å². The number of halogens is 1. The van der Waals surface area contributed by atoms with Crippen molar-refractivity contribution < 1.29 is 17.6 Å². The van der Waals surface area contributed by atoms with Gasteiger partial charge < -0.3 is 4.90 Å². The van der Waals surface area contributed by atoms with Gasteiger partial charge in [-0.05, 0) is 49.1 Å². The van der Waals surface area contributed by atoms with Crippen molar-refractivity contribution >= 4 is 21.4 Å². The fourth-order valence-corrected chi connectivity index (χ4v) is 6.91. The lowest BCUT2D eigenvalue weighted by molar-refractivity contribution is -0.120. The summed E-state index contributed by atoms with van der Waals surface area (Å²) >= 11 is 0. The summed E-state index contributed by atoms with van der Waals surface area (Å²) in [7, 11) is -3.81. The van der Waals surface area contributed by atoms with Gasteiger partial charge in [-0.25, -0.2) is 12.8 Å². The normalized spacial score (nSPS) is 22.7. The average Bonchev–Trinajstić information content (AvgIpc) is 3.30. The Morgan fingerprint density at radius 2 is 1.64 bits per heavy atom. The topological polar surface area (TPSA) is 66.5 Å². The zero-order valence-corrected chi connectivity index (χ0v) is 18.8. The summed E-state index contributed by atoms with van der Waals surface area (Å²) < 4.78 is 41.9. The van der Waals surface area contributed by atoms with Crippen LogP contribution in [-0.2, 0) is 21.1 Å². The standard InChI is InChI=1S/C26H25FN2O3S/c27-21-14-6-5-13-20(21)25-24(33(31,32)19-11-2-1-3-12-19)17-22(28-25)26(30)29-16-8-10-18-9-4-7-15-23(18)29/h1-7,9,11-15,22,24-25,28H,8,10,16-17H2. The van der Waals surface area contributed by atoms with Crippen LogP contribution in [0.3, 0.4) is 0 Å². The Balaban J connectivity index is 1.52. The Morgan fingerprint density at radius 1 is 0.939 bits per heavy atom. The van der Waals surface area contributed by atoms with Crippen LogP contribution in [0.2, 0.25) is 0 Å². The van der Waals surface area contributed by atoms with Crippen molar-refractivity contribution in [2.45, 2.75) is 41.5 Å². The number of hydrogen-bond donors (Lipinski definition) is 1. The SMILES string of the molecule is O=C(C1CC(S(=O)(=O)c2ccccc2)C(c2ccccc2F)N1)N1CCCc2ccccc21. The van der Waals surface area contributed by atoms with Crippen LogP contribution in [0.5, 0.6) is 0 Å². The lowest BCUT2D eigenvalue weighted by atomic mass is 10.0. The molecule has 0 spiro atoms. The molecule has 0 bridgehead atoms. The number of benzene rings is 3. The quantitative estimate of drug-likeness (QED) is 0.633. The van der Waals surface area contributed by atoms with E-state index in [1.807, 2.05) is 24.3 Å². The lowest BCUT2D eigenvalue weighted by Gasteiger charge is -2.31. The third-order valence-corrected chi connectivity index (χ3v) is 8.80. The van der Waals surface area contributed by atoms with Gasteiger partial charge in [-0.3, -0.25) is 10.1 Å². The van der Waals surface area contributed by atoms with E-state index in [-0.39, 0.29) is 22.8 Å². The molecule has 33 heavy (non-hydrogen) atoms. The molecule has 7 heteroatoms. The van der Waals surface area contributed by atoms with Crippen LogP contribution in [-0.4, -0.2) is 32.2 Å². The third kappa shape index (κ3) is 3.96. The highest BCUT2D eigenvalue weighted by atomic mass is 32.2. The van der Waals surface area contributed by atoms with Crippen molar-refractivity contribution in [1.29, 1.82) is 0 Å². The van der Waals surface area contributed by atoms with Crippen LogP contribution in [0.4, 0.5) is 10.1 Å². The summed E-state index contributed by atoms with van der Waals surface area (Å²) in [5.41, 5.74) is 2.23. The van der Waals surface area contributed by atoms with Crippen LogP contribution in [0.1, 0.15) is 30.0 Å². The van der Waals surface area contributed by atoms with E-state index in [0.29, 0.717) is 6.54 Å². The van der Waals surface area contributed by atoms with Gasteiger partial charge in [0.2, 0.25) is 5.91 Å². The second-order valence-corrected chi connectivity index (χ2v) is 10.7. The molecule has 1 amide bonds. The highest BCUT2D eigenvalue weighted by Crippen LogP contribution is 2.38. The monoisotopic (exact) mass is 464 g/mol. The fourth-order valence-electron chi connectivity index (χ4n) is 4.99. The van der Waals surface area contributed by atoms with E-state index in [9.17, 15) is 17.6 Å². The van der Waals surface area contributed by atoms with Crippen molar-refractivity contribution in [1.82, 2.24) is 5.32 Å². The molecule has 5 nitrogen and oxygen atoms in total. The fraction of sp³-hybridized carbons (Fsp3) is 0.269. The number of amides is 1. The Bertz CT molecular complexity index is 1280. The van der Waals surface area contributed by atoms with Crippen molar-refractivity contribution in [3.05, 3.63) is 95.8 Å². The number of anilines is 1. The van der Waals surface area contributed by atoms with Gasteiger partial charge >= 0.3 is 0 Å². The minimum Gasteiger partial charge on any atom is -0.311 e. The van der Waals surface area contributed by atoms with E-state index < -0.39 is 33.0 Å². The summed E-state index contributed by atoms with van der Waals surface area (Å²) in [5, 5.41) is 2.22. The van der Waals surface area contributed by atoms with Crippen LogP contribution in [0, 0.1) is 5.82 Å². The van der Waals surface area contributed by atoms with Gasteiger partial charge in [-0.2, -0.15) is 0 Å². The second kappa shape index (κ2) is 8.72. The predicted molar refractivity (Wildman–Crippen MR) is 125 cm³/mol. The first-order valence-corrected chi connectivity index (χ1v) is 12.7. The number of nitrogens with one attached hydrogen (secondary N) is 1. The number of para-hydroxylation sites is 1. The van der Waals surface area contributed by atoms with Gasteiger partial charge in [0.25, 0.3) is 0 Å². The van der Waals surface area contributed by atoms with Crippen LogP contribution < -0.4 is 10.2 Å². The molecule has 0 aromatic heterocycles. The number of sulfone groups is 1. The third-order valence-electron chi connectivity index (χ3n) is 6.61. The number of nitrogens with zero attached hydrogens (tertiary/aromatic N) is 1. The Morgan fingerprint density at radius 3 is 2.42 bits per heavy atom. The molecule has 3 unspecified atom stereocenters. The molecule has 1 saturated heterocycles. The summed E-state index contributed by atoms with van der Waals surface area (Å²) in [5.74, 6) is -0.658. The molecule has 0 saturated carbocycles. The smallest absolute Gasteiger partial charge is 0.244 e. The van der Waals surface area contributed by atoms with Gasteiger partial charge in [0.15, 0.2) is 9.84 Å². The van der Waals surface area contributed by atoms with Crippen molar-refractivity contribution in [3.8, 4) is 0 Å². The number of rotatable bonds is 4. The molecule has 3 atom stereocenters. The number of hydrogen-bond acceptors (Lipinski definition) is 4. The summed E-state index contributed by atoms with van der Waals surface area (Å²) in [4.78, 5) is 15.5. The lowest BCUT2D eigenvalue weighted by Crippen LogP contribution is -2.46. The molecule has 0 radical (unpaired) electrons. The highest BCUT2D eigenvalue weighted by molar-refractivity contribution is 7.92. The second-order valence-electron chi connectivity index (χ2n) is 8.57. The largest absolute Gasteiger partial charge is 0.311 e. The summed E-state index contributed by atoms with van der Waals surface area (Å²) in [6, 6.07) is 20.6. The van der Waals surface area contributed by atoms with Crippen LogP contribution in [0.15, 0.2) is 83.8 Å². The van der Waals surface area contributed by atoms with Gasteiger partial charge in [-0.1, -0.05) is 54.6 Å². The molecular formula is C26H25FN2O3S. The highest BCUT2D eigenvalue weighted by Gasteiger charge is 2.47. The van der Waals surface area contributed by atoms with Crippen molar-refractivity contribution in [2.24, 2.45) is 0 Å². The Hall–Kier alpha value is -3.03. The van der Waals surface area contributed by atoms with E-state index in [4.69, 9.17) is 0 Å². The summed E-state index contributed by atoms with van der Waals surface area (Å²) in [6.45, 7) is 0.578. The zero-order valence-electron chi connectivity index (χ0n) is 18.0. The molecule has 2 aliphatic rings. The van der Waals surface area contributed by atoms with Gasteiger partial charge in [0, 0.05) is 17.8 Å². The molecule has 1 fully saturated rings. The van der Waals surface area contributed by atoms with Crippen molar-refractivity contribution in [3.63, 3.8) is 0 Å². The minimum absolute atomic E-state index is 0.0771. The Labute approximate surface area is 193 Å². The van der Waals surface area contributed by atoms with E-state index in [1.165, 1.54) is 6.07 Å². The van der Waals surface area contributed by atoms with Crippen LogP contribution in [0.25, 0.3) is 0 Å². The maximum absolute atomic E-state index is 14.8. The number of carbonyl (C=O) groups excluding carboxylic acids is 1. The predicted octanol–water partition coefficient (Wildman–Crippen LogP) is 4.05. The molecule has 170 valence electrons. The first kappa shape index (κ1) is 21.8. The average molecular weight is 465 g/mol. The van der Waals surface area contributed by atoms with Crippen LogP contribution >= 0.6 is 0 Å². The number of carbonyl (C=O) groups is 1. The number of aryl methyl sites for hydroxylation is 1. The Kier molecular flexibility index (Phi) is 5.76. The molecule has 0 aliphatic carbocycles. The molecule has 3 aromatic carbocycles. The maximum atomic E-state index is 14.8. The number of fused-ring (bicyclic) bond motifs is 1. The van der Waals surface area contributed by atoms with E-state index in [0.717, 1.165) is 24.1 Å². The molecular weight excluding hydrogens is 439 g/mol. The maximum Gasteiger partial charge on any atom is 0.244 e. The molecule has 3 aromatic rings. The van der Waals surface area contributed by atoms with Gasteiger partial charge in [-0.15, -0.1) is 0 Å². The molecule has 2 heterocycles. The van der Waals surface area contributed by atoms with E-state index >= 15 is 0 Å². The first-order valence-electron chi connectivity index (χ1n) is 11.2. The molecule has 5 rings (SSSR count). The molecule has 2 aliphatic heterocycles. The summed E-state index contributed by atoms with van der Waals surface area (Å²) in [6.07, 6.45) is 1.83. The zero-order chi connectivity index (χ0) is 23.0. The van der Waals surface area contributed by atoms with Gasteiger partial charge in [0.1, 0.15) is 5.82 Å². The van der Waals surface area contributed by atoms with E-state index in [2.05, 4.69) is 5.32 Å². The molecule has 1 N–H and O–H groups in total. The van der Waals surface area contributed by atoms with Crippen molar-refractivity contribution in [2.75, 3.05) is 11.4 Å². The first-order chi connectivity index (χ1) is 16.0. The minimum atomic E-state index is -3.81.